The summed E-state index contributed by atoms with van der Waals surface area (Å²) in [7, 11) is -3.71. The highest BCUT2D eigenvalue weighted by Gasteiger charge is 2.37. The maximum Gasteiger partial charge on any atom is 0.416 e. The number of hydrogen-bond donors (Lipinski definition) is 2. The van der Waals surface area contributed by atoms with Crippen molar-refractivity contribution in [3.05, 3.63) is 67.7 Å². The van der Waals surface area contributed by atoms with E-state index in [9.17, 15) is 36.0 Å². The molecule has 0 bridgehead atoms. The number of halogens is 5. The SMILES string of the molecule is CCS(=O)(=O)c1ccc(Cl)cc1Cn1cnc2c(Cl)c(CN3CCC[C@H](NC(=O)[C@H](C)NC(=O)OC(C)(C)C)C3)c(C(F)(F)F)cc2c1=O. The van der Waals surface area contributed by atoms with Crippen molar-refractivity contribution in [1.29, 1.82) is 0 Å². The number of carbonyl (C=O) groups excluding carboxylic acids is 2. The minimum absolute atomic E-state index is 0.0551. The van der Waals surface area contributed by atoms with Crippen molar-refractivity contribution in [3.63, 3.8) is 0 Å². The lowest BCUT2D eigenvalue weighted by Gasteiger charge is -2.34. The van der Waals surface area contributed by atoms with Gasteiger partial charge < -0.3 is 15.4 Å². The Bertz CT molecular complexity index is 1910. The monoisotopic (exact) mass is 747 g/mol. The highest BCUT2D eigenvalue weighted by atomic mass is 35.5. The van der Waals surface area contributed by atoms with Crippen molar-refractivity contribution in [2.45, 2.75) is 89.3 Å². The molecule has 1 aliphatic rings. The molecule has 268 valence electrons. The molecule has 4 rings (SSSR count). The van der Waals surface area contributed by atoms with Crippen LogP contribution in [0.3, 0.4) is 0 Å². The minimum atomic E-state index is -4.89. The van der Waals surface area contributed by atoms with Crippen molar-refractivity contribution in [1.82, 2.24) is 25.1 Å². The lowest BCUT2D eigenvalue weighted by Crippen LogP contribution is -2.53. The van der Waals surface area contributed by atoms with Crippen molar-refractivity contribution in [2.24, 2.45) is 0 Å². The number of ether oxygens (including phenoxy) is 1. The van der Waals surface area contributed by atoms with E-state index in [4.69, 9.17) is 27.9 Å². The highest BCUT2D eigenvalue weighted by molar-refractivity contribution is 7.91. The molecule has 0 saturated carbocycles. The van der Waals surface area contributed by atoms with Crippen molar-refractivity contribution in [2.75, 3.05) is 18.8 Å². The molecule has 1 aromatic heterocycles. The first-order chi connectivity index (χ1) is 22.7. The van der Waals surface area contributed by atoms with E-state index in [0.29, 0.717) is 19.4 Å². The molecule has 2 heterocycles. The fourth-order valence-electron chi connectivity index (χ4n) is 5.55. The summed E-state index contributed by atoms with van der Waals surface area (Å²) in [6.45, 7) is 8.08. The van der Waals surface area contributed by atoms with Crippen LogP contribution in [0.5, 0.6) is 0 Å². The number of nitrogens with one attached hydrogen (secondary N) is 2. The Balaban J connectivity index is 1.60. The molecule has 1 saturated heterocycles. The zero-order valence-electron chi connectivity index (χ0n) is 27.6. The average molecular weight is 749 g/mol. The number of amides is 2. The first kappa shape index (κ1) is 38.4. The number of aromatic nitrogens is 2. The number of carbonyl (C=O) groups is 2. The molecule has 49 heavy (non-hydrogen) atoms. The van der Waals surface area contributed by atoms with E-state index in [-0.39, 0.29) is 62.4 Å². The molecule has 0 unspecified atom stereocenters. The summed E-state index contributed by atoms with van der Waals surface area (Å²) in [6, 6.07) is 3.47. The summed E-state index contributed by atoms with van der Waals surface area (Å²) in [5.74, 6) is -0.691. The quantitative estimate of drug-likeness (QED) is 0.290. The van der Waals surface area contributed by atoms with Crippen LogP contribution in [0.1, 0.15) is 64.2 Å². The summed E-state index contributed by atoms with van der Waals surface area (Å²) < 4.78 is 75.1. The van der Waals surface area contributed by atoms with Gasteiger partial charge in [-0.05, 0) is 82.5 Å². The third-order valence-corrected chi connectivity index (χ3v) is 10.4. The zero-order chi connectivity index (χ0) is 36.5. The van der Waals surface area contributed by atoms with Crippen LogP contribution in [-0.4, -0.2) is 71.4 Å². The predicted molar refractivity (Wildman–Crippen MR) is 180 cm³/mol. The van der Waals surface area contributed by atoms with Gasteiger partial charge >= 0.3 is 12.3 Å². The number of alkyl carbamates (subject to hydrolysis) is 1. The molecule has 2 N–H and O–H groups in total. The number of fused-ring (bicyclic) bond motifs is 1. The summed E-state index contributed by atoms with van der Waals surface area (Å²) in [6.07, 6.45) is -3.41. The number of piperidine rings is 1. The van der Waals surface area contributed by atoms with Crippen molar-refractivity contribution in [3.8, 4) is 0 Å². The summed E-state index contributed by atoms with van der Waals surface area (Å²) in [4.78, 5) is 44.3. The average Bonchev–Trinajstić information content (AvgIpc) is 2.98. The molecule has 1 fully saturated rings. The van der Waals surface area contributed by atoms with E-state index in [1.807, 2.05) is 0 Å². The first-order valence-corrected chi connectivity index (χ1v) is 17.9. The molecule has 17 heteroatoms. The van der Waals surface area contributed by atoms with Crippen LogP contribution >= 0.6 is 23.2 Å². The fraction of sp³-hybridized carbons (Fsp3) is 0.500. The van der Waals surface area contributed by atoms with Gasteiger partial charge in [0.25, 0.3) is 5.56 Å². The molecule has 1 aliphatic heterocycles. The van der Waals surface area contributed by atoms with Gasteiger partial charge in [0.1, 0.15) is 11.6 Å². The summed E-state index contributed by atoms with van der Waals surface area (Å²) in [5.41, 5.74) is -2.95. The lowest BCUT2D eigenvalue weighted by atomic mass is 10.00. The van der Waals surface area contributed by atoms with Crippen LogP contribution in [0.15, 0.2) is 40.3 Å². The van der Waals surface area contributed by atoms with Crippen LogP contribution in [-0.2, 0) is 38.6 Å². The van der Waals surface area contributed by atoms with Gasteiger partial charge in [-0.25, -0.2) is 18.2 Å². The molecular weight excluding hydrogens is 710 g/mol. The van der Waals surface area contributed by atoms with Gasteiger partial charge in [-0.3, -0.25) is 19.1 Å². The van der Waals surface area contributed by atoms with Crippen LogP contribution in [0.4, 0.5) is 18.0 Å². The molecule has 2 atom stereocenters. The van der Waals surface area contributed by atoms with Crippen LogP contribution in [0.2, 0.25) is 10.0 Å². The van der Waals surface area contributed by atoms with E-state index >= 15 is 0 Å². The maximum absolute atomic E-state index is 14.5. The normalized spacial score (nSPS) is 16.7. The first-order valence-electron chi connectivity index (χ1n) is 15.5. The number of nitrogens with zero attached hydrogens (tertiary/aromatic N) is 3. The second-order valence-corrected chi connectivity index (χ2v) is 16.0. The van der Waals surface area contributed by atoms with E-state index in [1.165, 1.54) is 32.0 Å². The summed E-state index contributed by atoms with van der Waals surface area (Å²) >= 11 is 12.7. The fourth-order valence-corrected chi connectivity index (χ4v) is 7.17. The standard InChI is InChI=1S/C32H38Cl2F3N5O6S/c1-6-49(46,47)25-10-9-20(33)12-19(25)14-42-17-38-27-22(29(42)44)13-24(32(35,36)37)23(26(27)34)16-41-11-7-8-21(15-41)40-28(43)18(2)39-30(45)48-31(3,4)5/h9-10,12-13,17-18,21H,6-8,11,14-16H2,1-5H3,(H,39,45)(H,40,43)/t18-,21-/m0/s1. The number of sulfone groups is 1. The molecule has 2 aromatic carbocycles. The van der Waals surface area contributed by atoms with E-state index in [2.05, 4.69) is 15.6 Å². The predicted octanol–water partition coefficient (Wildman–Crippen LogP) is 5.56. The second kappa shape index (κ2) is 14.8. The van der Waals surface area contributed by atoms with Gasteiger partial charge in [-0.1, -0.05) is 30.1 Å². The number of alkyl halides is 3. The Hall–Kier alpha value is -3.40. The van der Waals surface area contributed by atoms with E-state index < -0.39 is 56.8 Å². The number of benzene rings is 2. The van der Waals surface area contributed by atoms with Gasteiger partial charge in [-0.15, -0.1) is 0 Å². The molecule has 0 aliphatic carbocycles. The van der Waals surface area contributed by atoms with Gasteiger partial charge in [0.2, 0.25) is 5.91 Å². The van der Waals surface area contributed by atoms with Crippen LogP contribution < -0.4 is 16.2 Å². The molecule has 11 nitrogen and oxygen atoms in total. The third kappa shape index (κ3) is 9.44. The van der Waals surface area contributed by atoms with Gasteiger partial charge in [0.05, 0.1) is 45.0 Å². The van der Waals surface area contributed by atoms with Crippen molar-refractivity contribution < 1.29 is 35.9 Å². The Morgan fingerprint density at radius 1 is 1.14 bits per heavy atom. The topological polar surface area (TPSA) is 140 Å². The van der Waals surface area contributed by atoms with E-state index in [1.54, 1.807) is 25.7 Å². The molecule has 3 aromatic rings. The third-order valence-electron chi connectivity index (χ3n) is 7.90. The van der Waals surface area contributed by atoms with E-state index in [0.717, 1.165) is 17.0 Å². The smallest absolute Gasteiger partial charge is 0.416 e. The minimum Gasteiger partial charge on any atom is -0.444 e. The Morgan fingerprint density at radius 2 is 1.84 bits per heavy atom. The van der Waals surface area contributed by atoms with Gasteiger partial charge in [-0.2, -0.15) is 13.2 Å². The zero-order valence-corrected chi connectivity index (χ0v) is 29.9. The number of rotatable bonds is 9. The molecule has 0 spiro atoms. The van der Waals surface area contributed by atoms with Crippen molar-refractivity contribution >= 4 is 55.9 Å². The lowest BCUT2D eigenvalue weighted by molar-refractivity contribution is -0.138. The number of hydrogen-bond acceptors (Lipinski definition) is 8. The second-order valence-electron chi connectivity index (χ2n) is 12.9. The molecule has 2 amide bonds. The maximum atomic E-state index is 14.5. The number of likely N-dealkylation sites (tertiary alicyclic amines) is 1. The van der Waals surface area contributed by atoms with Gasteiger partial charge in [0, 0.05) is 24.2 Å². The van der Waals surface area contributed by atoms with Crippen LogP contribution in [0, 0.1) is 0 Å². The van der Waals surface area contributed by atoms with Crippen LogP contribution in [0.25, 0.3) is 10.9 Å². The Morgan fingerprint density at radius 3 is 2.47 bits per heavy atom. The molecule has 0 radical (unpaired) electrons. The largest absolute Gasteiger partial charge is 0.444 e. The highest BCUT2D eigenvalue weighted by Crippen LogP contribution is 2.39. The molecular formula is C32H38Cl2F3N5O6S. The summed E-state index contributed by atoms with van der Waals surface area (Å²) in [5, 5.41) is 4.79. The Kier molecular flexibility index (Phi) is 11.6. The van der Waals surface area contributed by atoms with Gasteiger partial charge in [0.15, 0.2) is 9.84 Å². The Labute approximate surface area is 292 Å².